The van der Waals surface area contributed by atoms with Crippen molar-refractivity contribution in [1.29, 1.82) is 0 Å². The van der Waals surface area contributed by atoms with Gasteiger partial charge in [0.25, 0.3) is 5.60 Å². The van der Waals surface area contributed by atoms with Crippen molar-refractivity contribution in [2.24, 2.45) is 0 Å². The van der Waals surface area contributed by atoms with Gasteiger partial charge in [0.2, 0.25) is 5.28 Å². The van der Waals surface area contributed by atoms with Gasteiger partial charge in [0.1, 0.15) is 17.7 Å². The van der Waals surface area contributed by atoms with E-state index in [0.717, 1.165) is 11.3 Å². The molecule has 3 aromatic heterocycles. The van der Waals surface area contributed by atoms with Gasteiger partial charge >= 0.3 is 11.9 Å². The van der Waals surface area contributed by atoms with E-state index in [1.54, 1.807) is 0 Å². The molecule has 0 amide bonds. The molecule has 0 radical (unpaired) electrons. The number of halogens is 1. The fourth-order valence-electron chi connectivity index (χ4n) is 3.62. The number of nitrogens with zero attached hydrogens (tertiary/aromatic N) is 5. The Balaban J connectivity index is 1.65. The Morgan fingerprint density at radius 2 is 2.11 bits per heavy atom. The summed E-state index contributed by atoms with van der Waals surface area (Å²) >= 11 is 6.90. The number of imidazole rings is 1. The summed E-state index contributed by atoms with van der Waals surface area (Å²) in [5, 5.41) is 41.0. The lowest BCUT2D eigenvalue weighted by molar-refractivity contribution is -0.191. The lowest BCUT2D eigenvalue weighted by Gasteiger charge is -2.29. The second kappa shape index (κ2) is 9.00. The molecule has 1 saturated heterocycles. The van der Waals surface area contributed by atoms with Crippen molar-refractivity contribution >= 4 is 51.9 Å². The standard InChI is InChI=1S/C19H17ClN6O8S/c1-2-18(32)9(5-33-19(15(28)29,16(30)31)3-8-4-22-7-35-8)34-14(11(18)27)26-6-23-10-12(21)24-17(20)25-13(10)26/h1,4,6-7,9,11,14,27,32H,3,5H2,(H,28,29)(H,30,31)(H2,21,24,25)/t9-,11+,14-,18-/m1/s1. The average molecular weight is 525 g/mol. The Morgan fingerprint density at radius 3 is 2.71 bits per heavy atom. The van der Waals surface area contributed by atoms with Crippen molar-refractivity contribution in [3.63, 3.8) is 0 Å². The molecule has 35 heavy (non-hydrogen) atoms. The van der Waals surface area contributed by atoms with Crippen LogP contribution in [0.1, 0.15) is 11.1 Å². The Hall–Kier alpha value is -3.39. The average Bonchev–Trinajstić information content (AvgIpc) is 3.51. The molecule has 3 aromatic rings. The zero-order valence-electron chi connectivity index (χ0n) is 17.5. The molecular formula is C19H17ClN6O8S. The van der Waals surface area contributed by atoms with Crippen LogP contribution in [0.25, 0.3) is 11.2 Å². The Labute approximate surface area is 204 Å². The van der Waals surface area contributed by atoms with Gasteiger partial charge in [-0.1, -0.05) is 5.92 Å². The highest BCUT2D eigenvalue weighted by molar-refractivity contribution is 7.09. The maximum absolute atomic E-state index is 12.0. The number of rotatable bonds is 8. The van der Waals surface area contributed by atoms with Gasteiger partial charge in [-0.3, -0.25) is 9.55 Å². The SMILES string of the molecule is C#C[C@@]1(O)[C@@H](COC(Cc2cncs2)(C(=O)O)C(=O)O)O[C@@H](n2cnc3c(N)nc(Cl)nc32)[C@@H]1O. The van der Waals surface area contributed by atoms with Gasteiger partial charge in [0.05, 0.1) is 18.4 Å². The summed E-state index contributed by atoms with van der Waals surface area (Å²) < 4.78 is 12.3. The molecule has 0 saturated carbocycles. The third-order valence-corrected chi connectivity index (χ3v) is 6.47. The van der Waals surface area contributed by atoms with E-state index < -0.39 is 54.6 Å². The third kappa shape index (κ3) is 4.05. The summed E-state index contributed by atoms with van der Waals surface area (Å²) in [7, 11) is 0. The number of ether oxygens (including phenoxy) is 2. The maximum Gasteiger partial charge on any atom is 0.348 e. The van der Waals surface area contributed by atoms with Crippen LogP contribution in [0.15, 0.2) is 18.0 Å². The van der Waals surface area contributed by atoms with Crippen LogP contribution in [0.2, 0.25) is 5.28 Å². The number of fused-ring (bicyclic) bond motifs is 1. The van der Waals surface area contributed by atoms with Crippen LogP contribution in [0.4, 0.5) is 5.82 Å². The molecule has 4 heterocycles. The van der Waals surface area contributed by atoms with Crippen LogP contribution >= 0.6 is 22.9 Å². The topological polar surface area (TPSA) is 216 Å². The highest BCUT2D eigenvalue weighted by atomic mass is 35.5. The molecule has 4 atom stereocenters. The molecular weight excluding hydrogens is 508 g/mol. The number of anilines is 1. The molecule has 0 spiro atoms. The van der Waals surface area contributed by atoms with Gasteiger partial charge in [-0.2, -0.15) is 9.97 Å². The van der Waals surface area contributed by atoms with Crippen LogP contribution < -0.4 is 5.73 Å². The van der Waals surface area contributed by atoms with E-state index in [4.69, 9.17) is 33.2 Å². The van der Waals surface area contributed by atoms with E-state index in [9.17, 15) is 30.0 Å². The quantitative estimate of drug-likeness (QED) is 0.140. The summed E-state index contributed by atoms with van der Waals surface area (Å²) in [6, 6.07) is 0. The van der Waals surface area contributed by atoms with Crippen LogP contribution in [0, 0.1) is 12.3 Å². The summed E-state index contributed by atoms with van der Waals surface area (Å²) in [6.45, 7) is -0.809. The minimum absolute atomic E-state index is 0.0471. The maximum atomic E-state index is 12.0. The van der Waals surface area contributed by atoms with Crippen LogP contribution in [-0.2, 0) is 25.5 Å². The predicted octanol–water partition coefficient (Wildman–Crippen LogP) is -0.692. The number of aliphatic carboxylic acids is 2. The molecule has 1 aliphatic rings. The zero-order valence-corrected chi connectivity index (χ0v) is 19.0. The number of thiazole rings is 1. The summed E-state index contributed by atoms with van der Waals surface area (Å²) in [6.07, 6.45) is 2.67. The van der Waals surface area contributed by atoms with Crippen LogP contribution in [-0.4, -0.2) is 86.9 Å². The van der Waals surface area contributed by atoms with Gasteiger partial charge < -0.3 is 35.6 Å². The summed E-state index contributed by atoms with van der Waals surface area (Å²) in [5.41, 5.74) is 2.23. The summed E-state index contributed by atoms with van der Waals surface area (Å²) in [5.74, 6) is -1.61. The largest absolute Gasteiger partial charge is 0.479 e. The Bertz CT molecular complexity index is 1310. The number of carboxylic acids is 2. The number of nitrogens with two attached hydrogens (primary N) is 1. The third-order valence-electron chi connectivity index (χ3n) is 5.52. The van der Waals surface area contributed by atoms with E-state index in [0.29, 0.717) is 4.88 Å². The molecule has 0 bridgehead atoms. The van der Waals surface area contributed by atoms with Crippen molar-refractivity contribution in [2.75, 3.05) is 12.3 Å². The molecule has 6 N–H and O–H groups in total. The van der Waals surface area contributed by atoms with E-state index in [1.165, 1.54) is 22.6 Å². The molecule has 1 fully saturated rings. The smallest absolute Gasteiger partial charge is 0.348 e. The molecule has 1 aliphatic heterocycles. The molecule has 0 unspecified atom stereocenters. The fraction of sp³-hybridized carbons (Fsp3) is 0.368. The highest BCUT2D eigenvalue weighted by Crippen LogP contribution is 2.39. The first kappa shape index (κ1) is 24.7. The monoisotopic (exact) mass is 524 g/mol. The molecule has 0 aromatic carbocycles. The first-order valence-electron chi connectivity index (χ1n) is 9.70. The predicted molar refractivity (Wildman–Crippen MR) is 118 cm³/mol. The van der Waals surface area contributed by atoms with Crippen molar-refractivity contribution in [3.8, 4) is 12.3 Å². The number of nitrogen functional groups attached to an aromatic ring is 1. The number of aliphatic hydroxyl groups is 2. The first-order valence-corrected chi connectivity index (χ1v) is 11.0. The van der Waals surface area contributed by atoms with Gasteiger partial charge in [-0.05, 0) is 11.6 Å². The van der Waals surface area contributed by atoms with Crippen molar-refractivity contribution in [1.82, 2.24) is 24.5 Å². The fourth-order valence-corrected chi connectivity index (χ4v) is 4.46. The number of aliphatic hydroxyl groups excluding tert-OH is 1. The number of terminal acetylenes is 1. The van der Waals surface area contributed by atoms with Crippen LogP contribution in [0.5, 0.6) is 0 Å². The zero-order chi connectivity index (χ0) is 25.5. The minimum Gasteiger partial charge on any atom is -0.479 e. The van der Waals surface area contributed by atoms with E-state index in [1.807, 2.05) is 5.92 Å². The van der Waals surface area contributed by atoms with Gasteiger partial charge in [-0.25, -0.2) is 14.6 Å². The van der Waals surface area contributed by atoms with Gasteiger partial charge in [0, 0.05) is 17.5 Å². The molecule has 184 valence electrons. The number of hydrogen-bond acceptors (Lipinski definition) is 12. The second-order valence-corrected chi connectivity index (χ2v) is 8.83. The number of aromatic nitrogens is 5. The minimum atomic E-state index is -2.74. The molecule has 0 aliphatic carbocycles. The Morgan fingerprint density at radius 1 is 1.40 bits per heavy atom. The molecule has 16 heteroatoms. The van der Waals surface area contributed by atoms with E-state index in [-0.39, 0.29) is 22.3 Å². The normalized spacial score (nSPS) is 24.5. The number of carbonyl (C=O) groups is 2. The Kier molecular flexibility index (Phi) is 6.36. The lowest BCUT2D eigenvalue weighted by Crippen LogP contribution is -2.54. The lowest BCUT2D eigenvalue weighted by atomic mass is 9.92. The number of hydrogen-bond donors (Lipinski definition) is 5. The van der Waals surface area contributed by atoms with Crippen molar-refractivity contribution in [3.05, 3.63) is 28.2 Å². The summed E-state index contributed by atoms with van der Waals surface area (Å²) in [4.78, 5) is 39.9. The molecule has 14 nitrogen and oxygen atoms in total. The van der Waals surface area contributed by atoms with Crippen molar-refractivity contribution in [2.45, 2.75) is 36.1 Å². The van der Waals surface area contributed by atoms with Gasteiger partial charge in [-0.15, -0.1) is 17.8 Å². The first-order chi connectivity index (χ1) is 16.5. The van der Waals surface area contributed by atoms with Crippen LogP contribution in [0.3, 0.4) is 0 Å². The number of carboxylic acid groups (broad SMARTS) is 2. The molecule has 4 rings (SSSR count). The van der Waals surface area contributed by atoms with E-state index >= 15 is 0 Å². The van der Waals surface area contributed by atoms with Crippen molar-refractivity contribution < 1.29 is 39.5 Å². The highest BCUT2D eigenvalue weighted by Gasteiger charge is 2.58. The van der Waals surface area contributed by atoms with Gasteiger partial charge in [0.15, 0.2) is 23.3 Å². The second-order valence-electron chi connectivity index (χ2n) is 7.52. The van der Waals surface area contributed by atoms with E-state index in [2.05, 4.69) is 19.9 Å².